The number of hydrogen-bond acceptors (Lipinski definition) is 2. The average Bonchev–Trinajstić information content (AvgIpc) is 2.19. The van der Waals surface area contributed by atoms with Crippen molar-refractivity contribution in [3.63, 3.8) is 0 Å². The molecule has 1 N–H and O–H groups in total. The van der Waals surface area contributed by atoms with E-state index in [9.17, 15) is 0 Å². The van der Waals surface area contributed by atoms with Gasteiger partial charge in [-0.05, 0) is 29.7 Å². The van der Waals surface area contributed by atoms with Gasteiger partial charge in [0.15, 0.2) is 0 Å². The Bertz CT molecular complexity index is 269. The van der Waals surface area contributed by atoms with Gasteiger partial charge in [0.1, 0.15) is 12.4 Å². The Morgan fingerprint density at radius 2 is 2.23 bits per heavy atom. The lowest BCUT2D eigenvalue weighted by molar-refractivity contribution is 0.403. The monoisotopic (exact) mass is 179 g/mol. The minimum absolute atomic E-state index is 0.778. The molecule has 1 aromatic carbocycles. The first-order valence-corrected chi connectivity index (χ1v) is 4.46. The summed E-state index contributed by atoms with van der Waals surface area (Å²) in [5.41, 5.74) is 2.01. The summed E-state index contributed by atoms with van der Waals surface area (Å²) in [5.74, 6) is 0.778. The highest BCUT2D eigenvalue weighted by atomic mass is 16.5. The van der Waals surface area contributed by atoms with Crippen molar-refractivity contribution < 1.29 is 9.84 Å². The van der Waals surface area contributed by atoms with Crippen LogP contribution in [0, 0.1) is 6.61 Å². The van der Waals surface area contributed by atoms with Crippen molar-refractivity contribution in [3.8, 4) is 5.75 Å². The molecule has 0 saturated heterocycles. The van der Waals surface area contributed by atoms with Crippen LogP contribution in [0.3, 0.4) is 0 Å². The van der Waals surface area contributed by atoms with Gasteiger partial charge in [-0.25, -0.2) is 0 Å². The molecule has 0 aliphatic carbocycles. The Labute approximate surface area is 79.2 Å². The summed E-state index contributed by atoms with van der Waals surface area (Å²) in [6, 6.07) is 5.74. The minimum atomic E-state index is 0.778. The van der Waals surface area contributed by atoms with Gasteiger partial charge in [-0.15, -0.1) is 0 Å². The van der Waals surface area contributed by atoms with E-state index < -0.39 is 0 Å². The molecule has 0 unspecified atom stereocenters. The van der Waals surface area contributed by atoms with Crippen LogP contribution in [0.1, 0.15) is 24.5 Å². The van der Waals surface area contributed by atoms with Crippen LogP contribution in [0.4, 0.5) is 0 Å². The van der Waals surface area contributed by atoms with Crippen LogP contribution in [0.2, 0.25) is 0 Å². The van der Waals surface area contributed by atoms with Crippen LogP contribution in [-0.2, 0) is 6.42 Å². The summed E-state index contributed by atoms with van der Waals surface area (Å²) >= 11 is 0. The zero-order valence-corrected chi connectivity index (χ0v) is 8.08. The first kappa shape index (κ1) is 10.1. The highest BCUT2D eigenvalue weighted by Gasteiger charge is 2.02. The summed E-state index contributed by atoms with van der Waals surface area (Å²) < 4.78 is 5.06. The molecular formula is C11H15O2. The molecule has 1 aromatic rings. The van der Waals surface area contributed by atoms with Crippen LogP contribution in [0.25, 0.3) is 0 Å². The summed E-state index contributed by atoms with van der Waals surface area (Å²) in [4.78, 5) is 0. The van der Waals surface area contributed by atoms with Gasteiger partial charge >= 0.3 is 0 Å². The van der Waals surface area contributed by atoms with E-state index in [1.165, 1.54) is 0 Å². The molecule has 2 heteroatoms. The van der Waals surface area contributed by atoms with Crippen LogP contribution in [-0.4, -0.2) is 12.2 Å². The van der Waals surface area contributed by atoms with Gasteiger partial charge in [0.25, 0.3) is 0 Å². The quantitative estimate of drug-likeness (QED) is 0.769. The fourth-order valence-corrected chi connectivity index (χ4v) is 1.32. The van der Waals surface area contributed by atoms with Gasteiger partial charge in [-0.3, -0.25) is 0 Å². The molecule has 0 aliphatic rings. The first-order valence-electron chi connectivity index (χ1n) is 4.46. The Morgan fingerprint density at radius 1 is 1.46 bits per heavy atom. The van der Waals surface area contributed by atoms with Crippen LogP contribution >= 0.6 is 0 Å². The Morgan fingerprint density at radius 3 is 2.77 bits per heavy atom. The van der Waals surface area contributed by atoms with Gasteiger partial charge in [0.05, 0.1) is 7.11 Å². The standard InChI is InChI=1S/C11H15O2/c1-3-4-9-5-6-11(13-2)7-10(9)8-12/h5-8,12H,3-4H2,1-2H3. The number of methoxy groups -OCH3 is 1. The Balaban J connectivity index is 2.93. The van der Waals surface area contributed by atoms with Crippen molar-refractivity contribution in [1.82, 2.24) is 0 Å². The number of ether oxygens (including phenoxy) is 1. The number of benzene rings is 1. The predicted molar refractivity (Wildman–Crippen MR) is 52.3 cm³/mol. The molecule has 1 rings (SSSR count). The largest absolute Gasteiger partial charge is 0.497 e. The van der Waals surface area contributed by atoms with Crippen LogP contribution < -0.4 is 4.74 Å². The fraction of sp³-hybridized carbons (Fsp3) is 0.364. The molecule has 0 aliphatic heterocycles. The smallest absolute Gasteiger partial charge is 0.119 e. The lowest BCUT2D eigenvalue weighted by Gasteiger charge is -2.07. The van der Waals surface area contributed by atoms with Crippen molar-refractivity contribution in [1.29, 1.82) is 0 Å². The maximum Gasteiger partial charge on any atom is 0.119 e. The molecule has 71 valence electrons. The SMILES string of the molecule is CCCc1ccc(OC)cc1[CH]O. The van der Waals surface area contributed by atoms with E-state index in [2.05, 4.69) is 6.92 Å². The second-order valence-corrected chi connectivity index (χ2v) is 2.94. The van der Waals surface area contributed by atoms with Crippen molar-refractivity contribution in [3.05, 3.63) is 35.9 Å². The maximum absolute atomic E-state index is 8.98. The number of aryl methyl sites for hydroxylation is 1. The maximum atomic E-state index is 8.98. The molecular weight excluding hydrogens is 164 g/mol. The third-order valence-corrected chi connectivity index (χ3v) is 2.01. The molecule has 0 spiro atoms. The number of aliphatic hydroxyl groups is 1. The lowest BCUT2D eigenvalue weighted by Crippen LogP contribution is -1.93. The van der Waals surface area contributed by atoms with Crippen molar-refractivity contribution in [2.75, 3.05) is 7.11 Å². The molecule has 0 amide bonds. The molecule has 13 heavy (non-hydrogen) atoms. The van der Waals surface area contributed by atoms with E-state index in [1.807, 2.05) is 18.2 Å². The third-order valence-electron chi connectivity index (χ3n) is 2.01. The summed E-state index contributed by atoms with van der Waals surface area (Å²) in [5, 5.41) is 8.98. The second-order valence-electron chi connectivity index (χ2n) is 2.94. The minimum Gasteiger partial charge on any atom is -0.497 e. The highest BCUT2D eigenvalue weighted by molar-refractivity contribution is 5.38. The molecule has 0 fully saturated rings. The molecule has 0 heterocycles. The fourth-order valence-electron chi connectivity index (χ4n) is 1.32. The van der Waals surface area contributed by atoms with E-state index in [1.54, 1.807) is 7.11 Å². The topological polar surface area (TPSA) is 29.5 Å². The van der Waals surface area contributed by atoms with Gasteiger partial charge in [-0.2, -0.15) is 0 Å². The average molecular weight is 179 g/mol. The molecule has 0 atom stereocenters. The van der Waals surface area contributed by atoms with Gasteiger partial charge < -0.3 is 9.84 Å². The zero-order chi connectivity index (χ0) is 9.68. The number of hydrogen-bond donors (Lipinski definition) is 1. The molecule has 1 radical (unpaired) electrons. The normalized spacial score (nSPS) is 10.1. The number of aliphatic hydroxyl groups excluding tert-OH is 1. The molecule has 2 nitrogen and oxygen atoms in total. The van der Waals surface area contributed by atoms with E-state index in [0.29, 0.717) is 0 Å². The second kappa shape index (κ2) is 4.87. The zero-order valence-electron chi connectivity index (χ0n) is 8.08. The van der Waals surface area contributed by atoms with E-state index >= 15 is 0 Å². The van der Waals surface area contributed by atoms with Gasteiger partial charge in [0, 0.05) is 0 Å². The van der Waals surface area contributed by atoms with Gasteiger partial charge in [0.2, 0.25) is 0 Å². The number of rotatable bonds is 4. The van der Waals surface area contributed by atoms with E-state index in [4.69, 9.17) is 9.84 Å². The Kier molecular flexibility index (Phi) is 3.77. The first-order chi connectivity index (χ1) is 6.31. The predicted octanol–water partition coefficient (Wildman–Crippen LogP) is 2.53. The summed E-state index contributed by atoms with van der Waals surface area (Å²) in [6.07, 6.45) is 2.06. The molecule has 0 saturated carbocycles. The third kappa shape index (κ3) is 2.46. The van der Waals surface area contributed by atoms with Gasteiger partial charge in [-0.1, -0.05) is 19.4 Å². The van der Waals surface area contributed by atoms with Crippen LogP contribution in [0.15, 0.2) is 18.2 Å². The highest BCUT2D eigenvalue weighted by Crippen LogP contribution is 2.19. The van der Waals surface area contributed by atoms with Crippen molar-refractivity contribution in [2.45, 2.75) is 19.8 Å². The summed E-state index contributed by atoms with van der Waals surface area (Å²) in [7, 11) is 1.62. The molecule has 0 bridgehead atoms. The Hall–Kier alpha value is -1.02. The van der Waals surface area contributed by atoms with E-state index in [-0.39, 0.29) is 0 Å². The lowest BCUT2D eigenvalue weighted by atomic mass is 10.0. The van der Waals surface area contributed by atoms with Crippen molar-refractivity contribution >= 4 is 0 Å². The van der Waals surface area contributed by atoms with Crippen molar-refractivity contribution in [2.24, 2.45) is 0 Å². The molecule has 0 aromatic heterocycles. The van der Waals surface area contributed by atoms with Crippen LogP contribution in [0.5, 0.6) is 5.75 Å². The van der Waals surface area contributed by atoms with E-state index in [0.717, 1.165) is 36.3 Å². The summed E-state index contributed by atoms with van der Waals surface area (Å²) in [6.45, 7) is 3.25.